The summed E-state index contributed by atoms with van der Waals surface area (Å²) < 4.78 is 4.75. The molecule has 1 amide bonds. The van der Waals surface area contributed by atoms with Crippen molar-refractivity contribution in [1.29, 1.82) is 0 Å². The maximum absolute atomic E-state index is 11.1. The molecule has 2 atom stereocenters. The highest BCUT2D eigenvalue weighted by molar-refractivity contribution is 5.73. The summed E-state index contributed by atoms with van der Waals surface area (Å²) in [5.41, 5.74) is 0. The van der Waals surface area contributed by atoms with Gasteiger partial charge in [-0.05, 0) is 6.92 Å². The standard InChI is InChI=1S/C8H13NO4/c1-5(7(10)11)3-9-6(2)4-13-8(9)12/h5-6H,3-4H2,1-2H3,(H,10,11). The lowest BCUT2D eigenvalue weighted by Gasteiger charge is -2.19. The van der Waals surface area contributed by atoms with E-state index in [1.165, 1.54) is 4.90 Å². The second-order valence-corrected chi connectivity index (χ2v) is 3.32. The van der Waals surface area contributed by atoms with E-state index in [-0.39, 0.29) is 12.6 Å². The fourth-order valence-electron chi connectivity index (χ4n) is 1.17. The first kappa shape index (κ1) is 9.83. The van der Waals surface area contributed by atoms with Crippen LogP contribution in [0.4, 0.5) is 4.79 Å². The first-order valence-corrected chi connectivity index (χ1v) is 4.18. The van der Waals surface area contributed by atoms with Crippen molar-refractivity contribution in [3.63, 3.8) is 0 Å². The summed E-state index contributed by atoms with van der Waals surface area (Å²) in [6.45, 7) is 3.97. The zero-order chi connectivity index (χ0) is 10.0. The van der Waals surface area contributed by atoms with Crippen molar-refractivity contribution in [2.75, 3.05) is 13.2 Å². The highest BCUT2D eigenvalue weighted by atomic mass is 16.6. The number of aliphatic carboxylic acids is 1. The molecule has 13 heavy (non-hydrogen) atoms. The molecule has 0 bridgehead atoms. The van der Waals surface area contributed by atoms with E-state index in [2.05, 4.69) is 0 Å². The maximum atomic E-state index is 11.1. The summed E-state index contributed by atoms with van der Waals surface area (Å²) in [6.07, 6.45) is -0.416. The third-order valence-corrected chi connectivity index (χ3v) is 2.11. The summed E-state index contributed by atoms with van der Waals surface area (Å²) in [4.78, 5) is 23.0. The summed E-state index contributed by atoms with van der Waals surface area (Å²) in [5, 5.41) is 8.64. The molecule has 1 N–H and O–H groups in total. The van der Waals surface area contributed by atoms with Crippen LogP contribution in [0.1, 0.15) is 13.8 Å². The number of carboxylic acid groups (broad SMARTS) is 1. The van der Waals surface area contributed by atoms with E-state index >= 15 is 0 Å². The molecule has 1 saturated heterocycles. The van der Waals surface area contributed by atoms with Gasteiger partial charge in [0, 0.05) is 6.54 Å². The van der Waals surface area contributed by atoms with Crippen LogP contribution in [0.2, 0.25) is 0 Å². The van der Waals surface area contributed by atoms with E-state index in [1.807, 2.05) is 6.92 Å². The molecular weight excluding hydrogens is 174 g/mol. The second-order valence-electron chi connectivity index (χ2n) is 3.32. The number of cyclic esters (lactones) is 1. The van der Waals surface area contributed by atoms with Gasteiger partial charge in [-0.1, -0.05) is 6.92 Å². The van der Waals surface area contributed by atoms with Gasteiger partial charge in [-0.25, -0.2) is 4.79 Å². The van der Waals surface area contributed by atoms with Crippen molar-refractivity contribution in [1.82, 2.24) is 4.90 Å². The lowest BCUT2D eigenvalue weighted by atomic mass is 10.1. The van der Waals surface area contributed by atoms with Crippen molar-refractivity contribution < 1.29 is 19.4 Å². The number of hydrogen-bond donors (Lipinski definition) is 1. The Morgan fingerprint density at radius 3 is 2.85 bits per heavy atom. The number of nitrogens with zero attached hydrogens (tertiary/aromatic N) is 1. The van der Waals surface area contributed by atoms with Crippen molar-refractivity contribution in [3.05, 3.63) is 0 Å². The van der Waals surface area contributed by atoms with Crippen LogP contribution in [0, 0.1) is 5.92 Å². The SMILES string of the molecule is CC(CN1C(=O)OCC1C)C(=O)O. The minimum Gasteiger partial charge on any atom is -0.481 e. The fraction of sp³-hybridized carbons (Fsp3) is 0.750. The normalized spacial score (nSPS) is 24.3. The van der Waals surface area contributed by atoms with Crippen LogP contribution >= 0.6 is 0 Å². The molecule has 5 nitrogen and oxygen atoms in total. The predicted molar refractivity (Wildman–Crippen MR) is 44.3 cm³/mol. The molecule has 2 unspecified atom stereocenters. The molecule has 1 fully saturated rings. The molecule has 0 spiro atoms. The first-order chi connectivity index (χ1) is 6.02. The molecule has 0 saturated carbocycles. The van der Waals surface area contributed by atoms with Crippen LogP contribution in [-0.2, 0) is 9.53 Å². The lowest BCUT2D eigenvalue weighted by Crippen LogP contribution is -2.37. The van der Waals surface area contributed by atoms with Crippen LogP contribution in [0.5, 0.6) is 0 Å². The third-order valence-electron chi connectivity index (χ3n) is 2.11. The van der Waals surface area contributed by atoms with Gasteiger partial charge < -0.3 is 14.7 Å². The number of carboxylic acids is 1. The zero-order valence-corrected chi connectivity index (χ0v) is 7.69. The van der Waals surface area contributed by atoms with Crippen LogP contribution in [0.15, 0.2) is 0 Å². The zero-order valence-electron chi connectivity index (χ0n) is 7.69. The van der Waals surface area contributed by atoms with Crippen LogP contribution in [0.25, 0.3) is 0 Å². The molecule has 1 aliphatic rings. The Kier molecular flexibility index (Phi) is 2.75. The maximum Gasteiger partial charge on any atom is 0.410 e. The van der Waals surface area contributed by atoms with Gasteiger partial charge >= 0.3 is 12.1 Å². The van der Waals surface area contributed by atoms with E-state index < -0.39 is 18.0 Å². The molecule has 5 heteroatoms. The average molecular weight is 187 g/mol. The van der Waals surface area contributed by atoms with Crippen molar-refractivity contribution in [3.8, 4) is 0 Å². The highest BCUT2D eigenvalue weighted by Gasteiger charge is 2.31. The molecular formula is C8H13NO4. The Bertz CT molecular complexity index is 228. The number of amides is 1. The largest absolute Gasteiger partial charge is 0.481 e. The van der Waals surface area contributed by atoms with Gasteiger partial charge in [-0.15, -0.1) is 0 Å². The monoisotopic (exact) mass is 187 g/mol. The van der Waals surface area contributed by atoms with Crippen molar-refractivity contribution in [2.24, 2.45) is 5.92 Å². The molecule has 0 aromatic heterocycles. The Morgan fingerprint density at radius 1 is 1.85 bits per heavy atom. The summed E-state index contributed by atoms with van der Waals surface area (Å²) >= 11 is 0. The number of carbonyl (C=O) groups excluding carboxylic acids is 1. The molecule has 1 rings (SSSR count). The average Bonchev–Trinajstić information content (AvgIpc) is 2.35. The van der Waals surface area contributed by atoms with Crippen LogP contribution < -0.4 is 0 Å². The van der Waals surface area contributed by atoms with Gasteiger partial charge in [-0.2, -0.15) is 0 Å². The van der Waals surface area contributed by atoms with E-state index in [0.717, 1.165) is 0 Å². The number of ether oxygens (including phenoxy) is 1. The number of hydrogen-bond acceptors (Lipinski definition) is 3. The van der Waals surface area contributed by atoms with Gasteiger partial charge in [0.2, 0.25) is 0 Å². The molecule has 74 valence electrons. The predicted octanol–water partition coefficient (Wildman–Crippen LogP) is 0.548. The van der Waals surface area contributed by atoms with E-state index in [9.17, 15) is 9.59 Å². The van der Waals surface area contributed by atoms with E-state index in [0.29, 0.717) is 6.61 Å². The Balaban J connectivity index is 2.52. The smallest absolute Gasteiger partial charge is 0.410 e. The molecule has 0 radical (unpaired) electrons. The minimum atomic E-state index is -0.896. The summed E-state index contributed by atoms with van der Waals surface area (Å²) in [5.74, 6) is -1.44. The number of rotatable bonds is 3. The summed E-state index contributed by atoms with van der Waals surface area (Å²) in [7, 11) is 0. The third kappa shape index (κ3) is 2.11. The first-order valence-electron chi connectivity index (χ1n) is 4.18. The quantitative estimate of drug-likeness (QED) is 0.700. The highest BCUT2D eigenvalue weighted by Crippen LogP contribution is 2.13. The Labute approximate surface area is 76.3 Å². The molecule has 0 aliphatic carbocycles. The Morgan fingerprint density at radius 2 is 2.46 bits per heavy atom. The van der Waals surface area contributed by atoms with Crippen LogP contribution in [0.3, 0.4) is 0 Å². The van der Waals surface area contributed by atoms with Gasteiger partial charge in [0.15, 0.2) is 0 Å². The topological polar surface area (TPSA) is 66.8 Å². The van der Waals surface area contributed by atoms with Crippen molar-refractivity contribution >= 4 is 12.1 Å². The summed E-state index contributed by atoms with van der Waals surface area (Å²) in [6, 6.07) is -0.0192. The van der Waals surface area contributed by atoms with E-state index in [1.54, 1.807) is 6.92 Å². The fourth-order valence-corrected chi connectivity index (χ4v) is 1.17. The molecule has 1 aliphatic heterocycles. The minimum absolute atomic E-state index is 0.0192. The second kappa shape index (κ2) is 3.64. The molecule has 0 aromatic rings. The van der Waals surface area contributed by atoms with Gasteiger partial charge in [0.1, 0.15) is 6.61 Å². The lowest BCUT2D eigenvalue weighted by molar-refractivity contribution is -0.141. The van der Waals surface area contributed by atoms with Gasteiger partial charge in [0.25, 0.3) is 0 Å². The van der Waals surface area contributed by atoms with Gasteiger partial charge in [-0.3, -0.25) is 4.79 Å². The molecule has 0 aromatic carbocycles. The number of carbonyl (C=O) groups is 2. The van der Waals surface area contributed by atoms with E-state index in [4.69, 9.17) is 9.84 Å². The van der Waals surface area contributed by atoms with Crippen LogP contribution in [-0.4, -0.2) is 41.3 Å². The van der Waals surface area contributed by atoms with Crippen molar-refractivity contribution in [2.45, 2.75) is 19.9 Å². The Hall–Kier alpha value is -1.26. The molecule has 1 heterocycles. The van der Waals surface area contributed by atoms with Gasteiger partial charge in [0.05, 0.1) is 12.0 Å².